The summed E-state index contributed by atoms with van der Waals surface area (Å²) < 4.78 is 9.20. The quantitative estimate of drug-likeness (QED) is 0.378. The number of allylic oxidation sites excluding steroid dienone is 2. The van der Waals surface area contributed by atoms with Gasteiger partial charge in [-0.2, -0.15) is 4.98 Å². The molecule has 41 heavy (non-hydrogen) atoms. The predicted octanol–water partition coefficient (Wildman–Crippen LogP) is 3.28. The van der Waals surface area contributed by atoms with E-state index in [0.717, 1.165) is 38.2 Å². The molecule has 1 amide bonds. The van der Waals surface area contributed by atoms with E-state index < -0.39 is 0 Å². The zero-order valence-electron chi connectivity index (χ0n) is 23.2. The predicted molar refractivity (Wildman–Crippen MR) is 159 cm³/mol. The van der Waals surface area contributed by atoms with Gasteiger partial charge in [0.2, 0.25) is 5.95 Å². The highest BCUT2D eigenvalue weighted by atomic mass is 16.5. The van der Waals surface area contributed by atoms with Gasteiger partial charge in [-0.05, 0) is 55.8 Å². The van der Waals surface area contributed by atoms with Crippen LogP contribution < -0.4 is 25.4 Å². The zero-order valence-corrected chi connectivity index (χ0v) is 23.2. The molecule has 0 aliphatic carbocycles. The molecular formula is C30H32N8O3. The second kappa shape index (κ2) is 10.1. The molecule has 0 spiro atoms. The Morgan fingerprint density at radius 3 is 2.78 bits per heavy atom. The number of aromatic nitrogens is 4. The summed E-state index contributed by atoms with van der Waals surface area (Å²) >= 11 is 0. The molecule has 7 rings (SSSR count). The molecule has 210 valence electrons. The number of rotatable bonds is 2. The van der Waals surface area contributed by atoms with E-state index in [1.54, 1.807) is 15.8 Å². The summed E-state index contributed by atoms with van der Waals surface area (Å²) in [5.41, 5.74) is 5.05. The van der Waals surface area contributed by atoms with Crippen LogP contribution in [0.1, 0.15) is 18.4 Å². The standard InChI is InChI=1S/C30H32N8O3/c1-34-13-14-35(2)24-15-21(8-7-20(24)18-34)32-30-31-17-23-28(33-30)38-22-9-10-26-25(16-22)36(27(39)19-41-26)11-5-3-4-6-12-37(38)29(23)40/h4,6-10,15-17H,3,5,11-14,18-19H2,1-2H3,(H,31,32,33). The number of hydrogen-bond donors (Lipinski definition) is 1. The molecule has 2 bridgehead atoms. The molecule has 11 nitrogen and oxygen atoms in total. The lowest BCUT2D eigenvalue weighted by Crippen LogP contribution is -2.39. The topological polar surface area (TPSA) is 101 Å². The van der Waals surface area contributed by atoms with Crippen LogP contribution >= 0.6 is 0 Å². The van der Waals surface area contributed by atoms with Crippen LogP contribution in [-0.4, -0.2) is 70.5 Å². The van der Waals surface area contributed by atoms with Crippen molar-refractivity contribution in [2.45, 2.75) is 25.9 Å². The van der Waals surface area contributed by atoms with Crippen molar-refractivity contribution >= 4 is 40.0 Å². The molecule has 3 aliphatic rings. The molecule has 1 N–H and O–H groups in total. The molecule has 3 aliphatic heterocycles. The summed E-state index contributed by atoms with van der Waals surface area (Å²) in [6, 6.07) is 12.0. The molecule has 5 heterocycles. The average molecular weight is 553 g/mol. The molecule has 2 aromatic carbocycles. The molecule has 11 heteroatoms. The first-order valence-electron chi connectivity index (χ1n) is 14.0. The Kier molecular flexibility index (Phi) is 6.23. The maximum absolute atomic E-state index is 13.6. The number of carbonyl (C=O) groups excluding carboxylic acids is 1. The Labute approximate surface area is 237 Å². The molecule has 0 radical (unpaired) electrons. The summed E-state index contributed by atoms with van der Waals surface area (Å²) in [4.78, 5) is 42.0. The maximum Gasteiger partial charge on any atom is 0.278 e. The second-order valence-corrected chi connectivity index (χ2v) is 10.9. The van der Waals surface area contributed by atoms with Crippen molar-refractivity contribution in [3.63, 3.8) is 0 Å². The monoisotopic (exact) mass is 552 g/mol. The van der Waals surface area contributed by atoms with E-state index >= 15 is 0 Å². The highest BCUT2D eigenvalue weighted by Crippen LogP contribution is 2.35. The molecule has 0 fully saturated rings. The Morgan fingerprint density at radius 1 is 0.976 bits per heavy atom. The minimum Gasteiger partial charge on any atom is -0.482 e. The number of nitrogens with zero attached hydrogens (tertiary/aromatic N) is 7. The van der Waals surface area contributed by atoms with Crippen LogP contribution in [0.2, 0.25) is 0 Å². The van der Waals surface area contributed by atoms with E-state index in [4.69, 9.17) is 9.72 Å². The molecule has 0 saturated carbocycles. The number of hydrogen-bond acceptors (Lipinski definition) is 8. The van der Waals surface area contributed by atoms with Crippen molar-refractivity contribution in [3.05, 3.63) is 70.7 Å². The first-order valence-corrected chi connectivity index (χ1v) is 14.0. The van der Waals surface area contributed by atoms with Gasteiger partial charge in [0.15, 0.2) is 12.3 Å². The number of anilines is 4. The van der Waals surface area contributed by atoms with Crippen molar-refractivity contribution in [2.24, 2.45) is 0 Å². The van der Waals surface area contributed by atoms with Gasteiger partial charge in [-0.25, -0.2) is 14.3 Å². The highest BCUT2D eigenvalue weighted by Gasteiger charge is 2.27. The van der Waals surface area contributed by atoms with Crippen LogP contribution in [0.5, 0.6) is 5.75 Å². The fraction of sp³-hybridized carbons (Fsp3) is 0.333. The number of nitrogens with one attached hydrogen (secondary N) is 1. The third-order valence-electron chi connectivity index (χ3n) is 8.01. The third-order valence-corrected chi connectivity index (χ3v) is 8.01. The molecule has 4 aromatic rings. The van der Waals surface area contributed by atoms with Crippen LogP contribution in [0, 0.1) is 0 Å². The van der Waals surface area contributed by atoms with Crippen LogP contribution in [0.3, 0.4) is 0 Å². The summed E-state index contributed by atoms with van der Waals surface area (Å²) in [6.07, 6.45) is 7.25. The number of ether oxygens (including phenoxy) is 1. The lowest BCUT2D eigenvalue weighted by molar-refractivity contribution is -0.121. The van der Waals surface area contributed by atoms with Crippen molar-refractivity contribution < 1.29 is 9.53 Å². The lowest BCUT2D eigenvalue weighted by atomic mass is 10.1. The van der Waals surface area contributed by atoms with Gasteiger partial charge in [0.25, 0.3) is 11.5 Å². The normalized spacial score (nSPS) is 17.3. The zero-order chi connectivity index (χ0) is 28.1. The third kappa shape index (κ3) is 4.51. The summed E-state index contributed by atoms with van der Waals surface area (Å²) in [7, 11) is 4.24. The molecule has 0 atom stereocenters. The van der Waals surface area contributed by atoms with Gasteiger partial charge in [-0.1, -0.05) is 18.2 Å². The van der Waals surface area contributed by atoms with Crippen LogP contribution in [0.25, 0.3) is 16.7 Å². The summed E-state index contributed by atoms with van der Waals surface area (Å²) in [5, 5.41) is 3.78. The first-order chi connectivity index (χ1) is 20.0. The smallest absolute Gasteiger partial charge is 0.278 e. The van der Waals surface area contributed by atoms with Crippen LogP contribution in [0.15, 0.2) is 59.5 Å². The van der Waals surface area contributed by atoms with Crippen LogP contribution in [-0.2, 0) is 17.9 Å². The minimum atomic E-state index is -0.175. The van der Waals surface area contributed by atoms with Gasteiger partial charge in [0.05, 0.1) is 17.9 Å². The SMILES string of the molecule is CN1CCN(C)c2cc(Nc3ncc4c(=O)n5n(c4n3)-c3ccc4c(c3)N(CCCC=CC5)C(=O)CO4)ccc2C1. The van der Waals surface area contributed by atoms with Gasteiger partial charge in [-0.3, -0.25) is 9.59 Å². The number of benzene rings is 2. The van der Waals surface area contributed by atoms with Crippen molar-refractivity contribution in [1.82, 2.24) is 24.2 Å². The van der Waals surface area contributed by atoms with Gasteiger partial charge in [-0.15, -0.1) is 0 Å². The fourth-order valence-corrected chi connectivity index (χ4v) is 5.81. The lowest BCUT2D eigenvalue weighted by Gasteiger charge is -2.30. The van der Waals surface area contributed by atoms with Crippen molar-refractivity contribution in [1.29, 1.82) is 0 Å². The molecule has 2 aromatic heterocycles. The first kappa shape index (κ1) is 25.3. The van der Waals surface area contributed by atoms with Gasteiger partial charge >= 0.3 is 0 Å². The van der Waals surface area contributed by atoms with E-state index in [2.05, 4.69) is 52.4 Å². The highest BCUT2D eigenvalue weighted by molar-refractivity contribution is 5.98. The number of amides is 1. The van der Waals surface area contributed by atoms with E-state index in [1.165, 1.54) is 11.3 Å². The number of likely N-dealkylation sites (N-methyl/N-ethyl adjacent to an activating group) is 2. The Bertz CT molecular complexity index is 1760. The van der Waals surface area contributed by atoms with E-state index in [0.29, 0.717) is 47.2 Å². The average Bonchev–Trinajstić information content (AvgIpc) is 3.15. The number of fused-ring (bicyclic) bond motifs is 6. The molecular weight excluding hydrogens is 520 g/mol. The van der Waals surface area contributed by atoms with E-state index in [-0.39, 0.29) is 18.1 Å². The Hall–Kier alpha value is -4.64. The molecule has 0 saturated heterocycles. The minimum absolute atomic E-state index is 0.0246. The van der Waals surface area contributed by atoms with E-state index in [1.807, 2.05) is 35.0 Å². The summed E-state index contributed by atoms with van der Waals surface area (Å²) in [5.74, 6) is 0.978. The van der Waals surface area contributed by atoms with Gasteiger partial charge in [0.1, 0.15) is 11.1 Å². The maximum atomic E-state index is 13.6. The van der Waals surface area contributed by atoms with Crippen molar-refractivity contribution in [3.8, 4) is 11.4 Å². The second-order valence-electron chi connectivity index (χ2n) is 10.9. The largest absolute Gasteiger partial charge is 0.482 e. The Morgan fingerprint density at radius 2 is 1.88 bits per heavy atom. The Balaban J connectivity index is 1.33. The van der Waals surface area contributed by atoms with Gasteiger partial charge < -0.3 is 24.8 Å². The molecule has 0 unspecified atom stereocenters. The van der Waals surface area contributed by atoms with Gasteiger partial charge in [0, 0.05) is 50.8 Å². The summed E-state index contributed by atoms with van der Waals surface area (Å²) in [6.45, 7) is 3.85. The fourth-order valence-electron chi connectivity index (χ4n) is 5.81. The van der Waals surface area contributed by atoms with Crippen molar-refractivity contribution in [2.75, 3.05) is 55.5 Å². The van der Waals surface area contributed by atoms with E-state index in [9.17, 15) is 9.59 Å². The van der Waals surface area contributed by atoms with Crippen LogP contribution in [0.4, 0.5) is 23.0 Å². The number of carbonyl (C=O) groups is 1.